The third-order valence-electron chi connectivity index (χ3n) is 2.68. The molecule has 0 aromatic rings. The number of hydrogen-bond donors (Lipinski definition) is 0. The maximum Gasteiger partial charge on any atom is 0.0167 e. The van der Waals surface area contributed by atoms with Gasteiger partial charge in [0.15, 0.2) is 0 Å². The van der Waals surface area contributed by atoms with E-state index in [1.807, 2.05) is 0 Å². The van der Waals surface area contributed by atoms with Crippen molar-refractivity contribution in [1.82, 2.24) is 5.32 Å². The fourth-order valence-corrected chi connectivity index (χ4v) is 2.01. The lowest BCUT2D eigenvalue weighted by molar-refractivity contribution is 0.273. The fourth-order valence-electron chi connectivity index (χ4n) is 2.01. The SMILES string of the molecule is C1=C[C@@H]2CC[N]C[C@H]2CC1. The summed E-state index contributed by atoms with van der Waals surface area (Å²) in [6.07, 6.45) is 8.72. The van der Waals surface area contributed by atoms with Crippen LogP contribution in [0.5, 0.6) is 0 Å². The first-order chi connectivity index (χ1) is 4.97. The minimum absolute atomic E-state index is 0.881. The molecule has 1 aliphatic carbocycles. The summed E-state index contributed by atoms with van der Waals surface area (Å²) in [7, 11) is 0. The van der Waals surface area contributed by atoms with E-state index in [-0.39, 0.29) is 0 Å². The van der Waals surface area contributed by atoms with E-state index in [4.69, 9.17) is 0 Å². The van der Waals surface area contributed by atoms with Crippen LogP contribution in [-0.4, -0.2) is 13.1 Å². The van der Waals surface area contributed by atoms with Gasteiger partial charge in [0.05, 0.1) is 0 Å². The standard InChI is InChI=1S/C9H14N/c1-2-4-9-7-10-6-5-8(9)3-1/h1,3,8-9H,2,4-7H2/t8-,9-/m1/s1. The predicted octanol–water partition coefficient (Wildman–Crippen LogP) is 1.58. The van der Waals surface area contributed by atoms with Crippen molar-refractivity contribution in [2.75, 3.05) is 13.1 Å². The Kier molecular flexibility index (Phi) is 1.76. The molecular formula is C9H14N. The van der Waals surface area contributed by atoms with E-state index in [9.17, 15) is 0 Å². The molecule has 1 saturated heterocycles. The predicted molar refractivity (Wildman–Crippen MR) is 41.8 cm³/mol. The van der Waals surface area contributed by atoms with Crippen LogP contribution in [0.3, 0.4) is 0 Å². The Morgan fingerprint density at radius 1 is 1.30 bits per heavy atom. The minimum Gasteiger partial charge on any atom is -0.241 e. The average Bonchev–Trinajstić information content (AvgIpc) is 2.05. The average molecular weight is 136 g/mol. The van der Waals surface area contributed by atoms with Crippen LogP contribution in [0, 0.1) is 11.8 Å². The van der Waals surface area contributed by atoms with Crippen molar-refractivity contribution in [3.05, 3.63) is 12.2 Å². The summed E-state index contributed by atoms with van der Waals surface area (Å²) >= 11 is 0. The van der Waals surface area contributed by atoms with Crippen molar-refractivity contribution < 1.29 is 0 Å². The fraction of sp³-hybridized carbons (Fsp3) is 0.778. The smallest absolute Gasteiger partial charge is 0.0167 e. The summed E-state index contributed by atoms with van der Waals surface area (Å²) in [5.41, 5.74) is 0. The molecule has 10 heavy (non-hydrogen) atoms. The molecule has 55 valence electrons. The van der Waals surface area contributed by atoms with Crippen LogP contribution in [0.4, 0.5) is 0 Å². The largest absolute Gasteiger partial charge is 0.241 e. The van der Waals surface area contributed by atoms with E-state index in [2.05, 4.69) is 17.5 Å². The molecule has 1 heterocycles. The van der Waals surface area contributed by atoms with Gasteiger partial charge in [-0.2, -0.15) is 0 Å². The molecule has 0 bridgehead atoms. The van der Waals surface area contributed by atoms with Gasteiger partial charge >= 0.3 is 0 Å². The van der Waals surface area contributed by atoms with Gasteiger partial charge in [0.25, 0.3) is 0 Å². The lowest BCUT2D eigenvalue weighted by Crippen LogP contribution is -2.32. The van der Waals surface area contributed by atoms with Crippen LogP contribution in [0.2, 0.25) is 0 Å². The zero-order valence-corrected chi connectivity index (χ0v) is 6.29. The van der Waals surface area contributed by atoms with Crippen molar-refractivity contribution >= 4 is 0 Å². The molecule has 1 aliphatic heterocycles. The van der Waals surface area contributed by atoms with Gasteiger partial charge in [0.2, 0.25) is 0 Å². The van der Waals surface area contributed by atoms with Gasteiger partial charge in [-0.1, -0.05) is 12.2 Å². The lowest BCUT2D eigenvalue weighted by atomic mass is 9.80. The van der Waals surface area contributed by atoms with E-state index in [1.54, 1.807) is 0 Å². The molecule has 2 rings (SSSR count). The Morgan fingerprint density at radius 3 is 3.20 bits per heavy atom. The number of hydrogen-bond acceptors (Lipinski definition) is 0. The van der Waals surface area contributed by atoms with E-state index < -0.39 is 0 Å². The first kappa shape index (κ1) is 6.41. The quantitative estimate of drug-likeness (QED) is 0.449. The first-order valence-corrected chi connectivity index (χ1v) is 4.27. The highest BCUT2D eigenvalue weighted by Crippen LogP contribution is 2.29. The highest BCUT2D eigenvalue weighted by atomic mass is 14.9. The summed E-state index contributed by atoms with van der Waals surface area (Å²) in [4.78, 5) is 0. The third-order valence-corrected chi connectivity index (χ3v) is 2.68. The Labute approximate surface area is 62.5 Å². The van der Waals surface area contributed by atoms with E-state index >= 15 is 0 Å². The van der Waals surface area contributed by atoms with Crippen LogP contribution in [-0.2, 0) is 0 Å². The Bertz CT molecular complexity index is 140. The molecule has 1 heteroatoms. The maximum absolute atomic E-state index is 4.43. The van der Waals surface area contributed by atoms with Crippen LogP contribution in [0.1, 0.15) is 19.3 Å². The van der Waals surface area contributed by atoms with Gasteiger partial charge in [-0.3, -0.25) is 0 Å². The summed E-state index contributed by atoms with van der Waals surface area (Å²) in [6.45, 7) is 2.24. The second kappa shape index (κ2) is 2.75. The van der Waals surface area contributed by atoms with Crippen LogP contribution < -0.4 is 5.32 Å². The third kappa shape index (κ3) is 1.10. The Morgan fingerprint density at radius 2 is 2.30 bits per heavy atom. The zero-order chi connectivity index (χ0) is 6.81. The highest BCUT2D eigenvalue weighted by Gasteiger charge is 2.24. The monoisotopic (exact) mass is 136 g/mol. The molecule has 0 spiro atoms. The second-order valence-electron chi connectivity index (χ2n) is 3.35. The molecule has 0 unspecified atom stereocenters. The molecule has 1 fully saturated rings. The molecule has 1 radical (unpaired) electrons. The van der Waals surface area contributed by atoms with Gasteiger partial charge < -0.3 is 0 Å². The summed E-state index contributed by atoms with van der Waals surface area (Å²) in [6, 6.07) is 0. The van der Waals surface area contributed by atoms with Crippen molar-refractivity contribution in [3.63, 3.8) is 0 Å². The summed E-state index contributed by atoms with van der Waals surface area (Å²) in [5.74, 6) is 1.78. The molecular weight excluding hydrogens is 122 g/mol. The summed E-state index contributed by atoms with van der Waals surface area (Å²) < 4.78 is 0. The summed E-state index contributed by atoms with van der Waals surface area (Å²) in [5, 5.41) is 4.43. The maximum atomic E-state index is 4.43. The van der Waals surface area contributed by atoms with Gasteiger partial charge in [-0.25, -0.2) is 5.32 Å². The molecule has 0 saturated carbocycles. The Balaban J connectivity index is 2.03. The van der Waals surface area contributed by atoms with E-state index in [0.717, 1.165) is 24.9 Å². The van der Waals surface area contributed by atoms with Crippen molar-refractivity contribution in [3.8, 4) is 0 Å². The molecule has 2 atom stereocenters. The van der Waals surface area contributed by atoms with Crippen LogP contribution in [0.15, 0.2) is 12.2 Å². The van der Waals surface area contributed by atoms with Crippen LogP contribution >= 0.6 is 0 Å². The van der Waals surface area contributed by atoms with E-state index in [1.165, 1.54) is 19.3 Å². The molecule has 2 aliphatic rings. The first-order valence-electron chi connectivity index (χ1n) is 4.27. The highest BCUT2D eigenvalue weighted by molar-refractivity contribution is 4.99. The number of nitrogens with zero attached hydrogens (tertiary/aromatic N) is 1. The van der Waals surface area contributed by atoms with Gasteiger partial charge in [0.1, 0.15) is 0 Å². The molecule has 0 aromatic heterocycles. The zero-order valence-electron chi connectivity index (χ0n) is 6.29. The normalized spacial score (nSPS) is 39.2. The van der Waals surface area contributed by atoms with Gasteiger partial charge in [0, 0.05) is 13.1 Å². The van der Waals surface area contributed by atoms with Crippen molar-refractivity contribution in [2.45, 2.75) is 19.3 Å². The lowest BCUT2D eigenvalue weighted by Gasteiger charge is -2.31. The molecule has 0 N–H and O–H groups in total. The van der Waals surface area contributed by atoms with E-state index in [0.29, 0.717) is 0 Å². The molecule has 1 nitrogen and oxygen atoms in total. The Hall–Kier alpha value is -0.300. The topological polar surface area (TPSA) is 14.1 Å². The van der Waals surface area contributed by atoms with Gasteiger partial charge in [-0.05, 0) is 31.1 Å². The second-order valence-corrected chi connectivity index (χ2v) is 3.35. The van der Waals surface area contributed by atoms with Crippen molar-refractivity contribution in [2.24, 2.45) is 11.8 Å². The van der Waals surface area contributed by atoms with Crippen molar-refractivity contribution in [1.29, 1.82) is 0 Å². The van der Waals surface area contributed by atoms with Crippen LogP contribution in [0.25, 0.3) is 0 Å². The molecule has 0 amide bonds. The molecule has 0 aromatic carbocycles. The number of piperidine rings is 1. The van der Waals surface area contributed by atoms with Gasteiger partial charge in [-0.15, -0.1) is 0 Å². The number of fused-ring (bicyclic) bond motifs is 1. The number of allylic oxidation sites excluding steroid dienone is 2. The minimum atomic E-state index is 0.881. The number of rotatable bonds is 0.